The third kappa shape index (κ3) is 3.61. The molecule has 2 heterocycles. The Morgan fingerprint density at radius 2 is 1.93 bits per heavy atom. The lowest BCUT2D eigenvalue weighted by Crippen LogP contribution is -2.23. The minimum Gasteiger partial charge on any atom is -0.497 e. The Balaban J connectivity index is 1.86. The van der Waals surface area contributed by atoms with Crippen LogP contribution in [0, 0.1) is 0 Å². The van der Waals surface area contributed by atoms with Gasteiger partial charge in [0.05, 0.1) is 19.1 Å². The second kappa shape index (κ2) is 7.74. The lowest BCUT2D eigenvalue weighted by Gasteiger charge is -2.06. The quantitative estimate of drug-likeness (QED) is 0.330. The van der Waals surface area contributed by atoms with E-state index in [1.54, 1.807) is 19.1 Å². The van der Waals surface area contributed by atoms with E-state index < -0.39 is 17.7 Å². The number of methoxy groups -OCH3 is 1. The largest absolute Gasteiger partial charge is 0.497 e. The van der Waals surface area contributed by atoms with E-state index in [0.717, 1.165) is 0 Å². The highest BCUT2D eigenvalue weighted by molar-refractivity contribution is 6.46. The van der Waals surface area contributed by atoms with Crippen molar-refractivity contribution in [2.75, 3.05) is 24.8 Å². The average Bonchev–Trinajstić information content (AvgIpc) is 3.08. The molecule has 0 atom stereocenters. The summed E-state index contributed by atoms with van der Waals surface area (Å²) in [7, 11) is 1.50. The SMILES string of the molecule is CCOC(=O)c1cc2c(NC(=O)C(=O)c3ccc(OC)cc3)n[nH]c2nc1N. The van der Waals surface area contributed by atoms with Gasteiger partial charge >= 0.3 is 5.97 Å². The van der Waals surface area contributed by atoms with Crippen molar-refractivity contribution in [2.45, 2.75) is 6.92 Å². The molecule has 0 unspecified atom stereocenters. The third-order valence-corrected chi connectivity index (χ3v) is 3.87. The first kappa shape index (κ1) is 18.8. The summed E-state index contributed by atoms with van der Waals surface area (Å²) < 4.78 is 9.95. The number of nitrogens with zero attached hydrogens (tertiary/aromatic N) is 2. The number of nitrogens with one attached hydrogen (secondary N) is 2. The molecule has 4 N–H and O–H groups in total. The van der Waals surface area contributed by atoms with Crippen LogP contribution in [-0.2, 0) is 9.53 Å². The Kier molecular flexibility index (Phi) is 5.21. The Bertz CT molecular complexity index is 1060. The van der Waals surface area contributed by atoms with Crippen LogP contribution in [0.5, 0.6) is 5.75 Å². The number of esters is 1. The van der Waals surface area contributed by atoms with Crippen molar-refractivity contribution < 1.29 is 23.9 Å². The summed E-state index contributed by atoms with van der Waals surface area (Å²) in [5.41, 5.74) is 6.24. The number of ketones is 1. The highest BCUT2D eigenvalue weighted by Gasteiger charge is 2.21. The van der Waals surface area contributed by atoms with E-state index in [4.69, 9.17) is 15.2 Å². The molecule has 1 amide bonds. The number of aromatic nitrogens is 3. The minimum absolute atomic E-state index is 0.0349. The van der Waals surface area contributed by atoms with Crippen molar-refractivity contribution in [3.05, 3.63) is 41.5 Å². The molecule has 10 heteroatoms. The summed E-state index contributed by atoms with van der Waals surface area (Å²) in [6, 6.07) is 7.49. The summed E-state index contributed by atoms with van der Waals surface area (Å²) in [4.78, 5) is 40.7. The van der Waals surface area contributed by atoms with Gasteiger partial charge in [0.1, 0.15) is 17.1 Å². The normalized spacial score (nSPS) is 10.5. The molecule has 0 fully saturated rings. The standard InChI is InChI=1S/C18H17N5O5/c1-3-28-18(26)11-8-12-15(20-14(11)19)22-23-16(12)21-17(25)13(24)9-4-6-10(27-2)7-5-9/h4-8H,3H2,1-2H3,(H4,19,20,21,22,23,25). The first-order chi connectivity index (χ1) is 13.4. The Morgan fingerprint density at radius 1 is 1.21 bits per heavy atom. The molecule has 0 saturated carbocycles. The molecule has 0 aliphatic rings. The van der Waals surface area contributed by atoms with Gasteiger partial charge in [-0.3, -0.25) is 14.7 Å². The van der Waals surface area contributed by atoms with Crippen molar-refractivity contribution in [3.63, 3.8) is 0 Å². The highest BCUT2D eigenvalue weighted by Crippen LogP contribution is 2.24. The summed E-state index contributed by atoms with van der Waals surface area (Å²) in [6.07, 6.45) is 0. The van der Waals surface area contributed by atoms with E-state index in [-0.39, 0.29) is 35.0 Å². The maximum atomic E-state index is 12.3. The number of hydrogen-bond donors (Lipinski definition) is 3. The number of aromatic amines is 1. The minimum atomic E-state index is -0.895. The molecule has 0 bridgehead atoms. The molecule has 0 spiro atoms. The number of carbonyl (C=O) groups is 3. The molecule has 0 radical (unpaired) electrons. The van der Waals surface area contributed by atoms with Crippen molar-refractivity contribution >= 4 is 40.3 Å². The molecular formula is C18H17N5O5. The number of benzene rings is 1. The van der Waals surface area contributed by atoms with E-state index in [0.29, 0.717) is 11.1 Å². The van der Waals surface area contributed by atoms with Gasteiger partial charge in [0.2, 0.25) is 0 Å². The summed E-state index contributed by atoms with van der Waals surface area (Å²) in [6.45, 7) is 1.83. The van der Waals surface area contributed by atoms with Crippen molar-refractivity contribution in [1.82, 2.24) is 15.2 Å². The van der Waals surface area contributed by atoms with Gasteiger partial charge in [0.15, 0.2) is 11.5 Å². The number of hydrogen-bond acceptors (Lipinski definition) is 8. The predicted molar refractivity (Wildman–Crippen MR) is 100 cm³/mol. The van der Waals surface area contributed by atoms with Crippen LogP contribution in [0.1, 0.15) is 27.6 Å². The topological polar surface area (TPSA) is 149 Å². The summed E-state index contributed by atoms with van der Waals surface area (Å²) in [5.74, 6) is -1.74. The van der Waals surface area contributed by atoms with Crippen LogP contribution in [0.4, 0.5) is 11.6 Å². The fourth-order valence-electron chi connectivity index (χ4n) is 2.47. The van der Waals surface area contributed by atoms with E-state index in [9.17, 15) is 14.4 Å². The predicted octanol–water partition coefficient (Wildman–Crippen LogP) is 1.55. The Morgan fingerprint density at radius 3 is 2.57 bits per heavy atom. The van der Waals surface area contributed by atoms with Gasteiger partial charge in [-0.05, 0) is 37.3 Å². The molecule has 0 aliphatic heterocycles. The highest BCUT2D eigenvalue weighted by atomic mass is 16.5. The maximum absolute atomic E-state index is 12.3. The molecular weight excluding hydrogens is 366 g/mol. The molecule has 3 rings (SSSR count). The Labute approximate surface area is 159 Å². The molecule has 0 aliphatic carbocycles. The summed E-state index contributed by atoms with van der Waals surface area (Å²) >= 11 is 0. The van der Waals surface area contributed by atoms with Gasteiger partial charge in [-0.1, -0.05) is 0 Å². The third-order valence-electron chi connectivity index (χ3n) is 3.87. The van der Waals surface area contributed by atoms with E-state index >= 15 is 0 Å². The second-order valence-corrected chi connectivity index (χ2v) is 5.62. The van der Waals surface area contributed by atoms with Crippen LogP contribution >= 0.6 is 0 Å². The zero-order chi connectivity index (χ0) is 20.3. The number of fused-ring (bicyclic) bond motifs is 1. The fraction of sp³-hybridized carbons (Fsp3) is 0.167. The number of Topliss-reactive ketones (excluding diaryl/α,β-unsaturated/α-hetero) is 1. The van der Waals surface area contributed by atoms with Crippen molar-refractivity contribution in [1.29, 1.82) is 0 Å². The number of carbonyl (C=O) groups excluding carboxylic acids is 3. The average molecular weight is 383 g/mol. The number of H-pyrrole nitrogens is 1. The van der Waals surface area contributed by atoms with Crippen LogP contribution < -0.4 is 15.8 Å². The van der Waals surface area contributed by atoms with Crippen LogP contribution in [0.2, 0.25) is 0 Å². The maximum Gasteiger partial charge on any atom is 0.341 e. The number of pyridine rings is 1. The van der Waals surface area contributed by atoms with Crippen molar-refractivity contribution in [2.24, 2.45) is 0 Å². The smallest absolute Gasteiger partial charge is 0.341 e. The van der Waals surface area contributed by atoms with E-state index in [1.165, 1.54) is 25.3 Å². The molecule has 0 saturated heterocycles. The zero-order valence-electron chi connectivity index (χ0n) is 15.1. The van der Waals surface area contributed by atoms with Gasteiger partial charge in [0, 0.05) is 5.56 Å². The molecule has 1 aromatic carbocycles. The monoisotopic (exact) mass is 383 g/mol. The number of rotatable bonds is 6. The summed E-state index contributed by atoms with van der Waals surface area (Å²) in [5, 5.41) is 9.24. The first-order valence-corrected chi connectivity index (χ1v) is 8.26. The second-order valence-electron chi connectivity index (χ2n) is 5.62. The van der Waals surface area contributed by atoms with Gasteiger partial charge in [-0.25, -0.2) is 9.78 Å². The van der Waals surface area contributed by atoms with Gasteiger partial charge in [0.25, 0.3) is 11.7 Å². The molecule has 3 aromatic rings. The lowest BCUT2D eigenvalue weighted by molar-refractivity contribution is -0.112. The number of amides is 1. The fourth-order valence-corrected chi connectivity index (χ4v) is 2.47. The van der Waals surface area contributed by atoms with Crippen molar-refractivity contribution in [3.8, 4) is 5.75 Å². The van der Waals surface area contributed by atoms with E-state index in [1.807, 2.05) is 0 Å². The number of anilines is 2. The zero-order valence-corrected chi connectivity index (χ0v) is 15.1. The number of nitrogens with two attached hydrogens (primary N) is 1. The number of nitrogen functional groups attached to an aromatic ring is 1. The molecule has 2 aromatic heterocycles. The Hall–Kier alpha value is -3.95. The van der Waals surface area contributed by atoms with Crippen LogP contribution in [0.15, 0.2) is 30.3 Å². The van der Waals surface area contributed by atoms with Crippen LogP contribution in [0.3, 0.4) is 0 Å². The van der Waals surface area contributed by atoms with E-state index in [2.05, 4.69) is 20.5 Å². The van der Waals surface area contributed by atoms with Gasteiger partial charge in [-0.15, -0.1) is 0 Å². The van der Waals surface area contributed by atoms with Crippen LogP contribution in [0.25, 0.3) is 11.0 Å². The van der Waals surface area contributed by atoms with Gasteiger partial charge < -0.3 is 20.5 Å². The number of ether oxygens (including phenoxy) is 2. The van der Waals surface area contributed by atoms with Crippen LogP contribution in [-0.4, -0.2) is 46.6 Å². The first-order valence-electron chi connectivity index (χ1n) is 8.26. The van der Waals surface area contributed by atoms with Gasteiger partial charge in [-0.2, -0.15) is 5.10 Å². The lowest BCUT2D eigenvalue weighted by atomic mass is 10.1. The molecule has 28 heavy (non-hydrogen) atoms. The molecule has 10 nitrogen and oxygen atoms in total. The molecule has 144 valence electrons.